The number of hydrogen-bond acceptors (Lipinski definition) is 18. The zero-order chi connectivity index (χ0) is 60.3. The van der Waals surface area contributed by atoms with Gasteiger partial charge in [0.25, 0.3) is 11.4 Å². The molecule has 85 heavy (non-hydrogen) atoms. The van der Waals surface area contributed by atoms with Crippen LogP contribution >= 0.6 is 62.2 Å². The second-order valence-electron chi connectivity index (χ2n) is 17.6. The van der Waals surface area contributed by atoms with E-state index in [-0.39, 0.29) is 33.5 Å². The number of rotatable bonds is 15. The van der Waals surface area contributed by atoms with Gasteiger partial charge in [-0.25, -0.2) is 19.9 Å². The van der Waals surface area contributed by atoms with E-state index in [1.807, 2.05) is 132 Å². The summed E-state index contributed by atoms with van der Waals surface area (Å²) in [6, 6.07) is 50.5. The largest absolute Gasteiger partial charge is 0.399 e. The van der Waals surface area contributed by atoms with Crippen LogP contribution in [0.3, 0.4) is 0 Å². The Morgan fingerprint density at radius 3 is 1.25 bits per heavy atom. The summed E-state index contributed by atoms with van der Waals surface area (Å²) in [6.07, 6.45) is 9.25. The minimum Gasteiger partial charge on any atom is -0.399 e. The number of nitrogens with two attached hydrogens (primary N) is 2. The average molecular weight is 1270 g/mol. The number of alkyl halides is 1. The van der Waals surface area contributed by atoms with Crippen molar-refractivity contribution < 1.29 is 19.4 Å². The number of pyridine rings is 4. The van der Waals surface area contributed by atoms with E-state index in [9.17, 15) is 29.8 Å². The molecule has 428 valence electrons. The maximum Gasteiger partial charge on any atom is 0.269 e. The molecule has 0 bridgehead atoms. The number of carbonyl (C=O) groups excluding carboxylic acids is 2. The van der Waals surface area contributed by atoms with Gasteiger partial charge < -0.3 is 22.1 Å². The van der Waals surface area contributed by atoms with E-state index in [0.29, 0.717) is 17.8 Å². The van der Waals surface area contributed by atoms with Crippen molar-refractivity contribution in [3.05, 3.63) is 269 Å². The van der Waals surface area contributed by atoms with Crippen LogP contribution in [-0.2, 0) is 24.1 Å². The molecule has 19 nitrogen and oxygen atoms in total. The number of nitrogens with zero attached hydrogens (tertiary/aromatic N) is 9. The highest BCUT2D eigenvalue weighted by molar-refractivity contribution is 9.09. The molecule has 11 rings (SSSR count). The van der Waals surface area contributed by atoms with Crippen molar-refractivity contribution in [2.45, 2.75) is 26.2 Å². The van der Waals surface area contributed by atoms with Crippen molar-refractivity contribution in [1.29, 1.82) is 0 Å². The quantitative estimate of drug-likeness (QED) is 0.0185. The SMILES string of the molecule is CC(=O)Nc1ccc(-c2csc(Cc3ccccn3)n2)cc1.NC(=S)Nc1ccccn1.Nc1ccc(-c2csc(Cc3ccccn3)n2)cc1.O=C(CBr)c1ccc([N+](=O)[O-])cc1.O=[N+]([O-])c1ccc(-c2csc(Cc3ccccn3)n2)cc1. The monoisotopic (exact) mass is 1270 g/mol. The second kappa shape index (κ2) is 32.8. The summed E-state index contributed by atoms with van der Waals surface area (Å²) in [5.74, 6) is 0.518. The van der Waals surface area contributed by atoms with Crippen LogP contribution in [0.25, 0.3) is 33.8 Å². The number of nitro groups is 2. The summed E-state index contributed by atoms with van der Waals surface area (Å²) < 4.78 is 0. The van der Waals surface area contributed by atoms with Crippen molar-refractivity contribution in [2.75, 3.05) is 21.7 Å². The van der Waals surface area contributed by atoms with Gasteiger partial charge >= 0.3 is 0 Å². The molecule has 0 aliphatic rings. The summed E-state index contributed by atoms with van der Waals surface area (Å²) in [5.41, 5.74) is 21.8. The predicted octanol–water partition coefficient (Wildman–Crippen LogP) is 13.7. The number of nitrogens with one attached hydrogen (secondary N) is 2. The number of benzene rings is 4. The zero-order valence-corrected chi connectivity index (χ0v) is 50.0. The third kappa shape index (κ3) is 21.2. The highest BCUT2D eigenvalue weighted by atomic mass is 79.9. The van der Waals surface area contributed by atoms with Crippen LogP contribution in [0.5, 0.6) is 0 Å². The van der Waals surface area contributed by atoms with Gasteiger partial charge in [0.2, 0.25) is 5.91 Å². The molecule has 1 amide bonds. The number of nitro benzene ring substituents is 2. The van der Waals surface area contributed by atoms with Crippen molar-refractivity contribution >= 4 is 108 Å². The number of amides is 1. The number of thiocarbonyl (C=S) groups is 1. The van der Waals surface area contributed by atoms with Crippen molar-refractivity contribution in [2.24, 2.45) is 5.73 Å². The minimum absolute atomic E-state index is 0.00822. The number of non-ortho nitro benzene ring substituents is 2. The first kappa shape index (κ1) is 62.9. The summed E-state index contributed by atoms with van der Waals surface area (Å²) in [5, 5.41) is 36.0. The van der Waals surface area contributed by atoms with Crippen LogP contribution in [0.15, 0.2) is 211 Å². The third-order valence-electron chi connectivity index (χ3n) is 11.3. The lowest BCUT2D eigenvalue weighted by molar-refractivity contribution is -0.385. The van der Waals surface area contributed by atoms with E-state index < -0.39 is 9.85 Å². The number of nitrogen functional groups attached to an aromatic ring is 1. The van der Waals surface area contributed by atoms with Crippen molar-refractivity contribution in [3.8, 4) is 33.8 Å². The van der Waals surface area contributed by atoms with Gasteiger partial charge in [-0.3, -0.25) is 44.8 Å². The predicted molar refractivity (Wildman–Crippen MR) is 345 cm³/mol. The van der Waals surface area contributed by atoms with Gasteiger partial charge in [-0.05, 0) is 109 Å². The van der Waals surface area contributed by atoms with Crippen molar-refractivity contribution in [3.63, 3.8) is 0 Å². The molecule has 0 saturated heterocycles. The molecule has 0 unspecified atom stereocenters. The number of carbonyl (C=O) groups is 2. The van der Waals surface area contributed by atoms with Gasteiger partial charge in [0.15, 0.2) is 10.9 Å². The lowest BCUT2D eigenvalue weighted by Crippen LogP contribution is -2.19. The molecule has 7 aromatic heterocycles. The molecule has 0 aliphatic heterocycles. The molecule has 0 aliphatic carbocycles. The molecule has 0 radical (unpaired) electrons. The molecular weight excluding hydrogens is 1220 g/mol. The van der Waals surface area contributed by atoms with Crippen molar-refractivity contribution in [1.82, 2.24) is 34.9 Å². The average Bonchev–Trinajstić information content (AvgIpc) is 4.49. The molecule has 0 atom stereocenters. The van der Waals surface area contributed by atoms with Gasteiger partial charge in [0.05, 0.1) is 47.3 Å². The molecule has 0 fully saturated rings. The number of ketones is 1. The topological polar surface area (TPSA) is 287 Å². The first-order chi connectivity index (χ1) is 41.2. The minimum atomic E-state index is -0.498. The molecule has 24 heteroatoms. The second-order valence-corrected chi connectivity index (χ2v) is 21.5. The van der Waals surface area contributed by atoms with Gasteiger partial charge in [0.1, 0.15) is 5.82 Å². The lowest BCUT2D eigenvalue weighted by atomic mass is 10.1. The molecule has 4 aromatic carbocycles. The van der Waals surface area contributed by atoms with Crippen LogP contribution in [0.4, 0.5) is 28.6 Å². The van der Waals surface area contributed by atoms with Crippen LogP contribution in [0.1, 0.15) is 49.4 Å². The Bertz CT molecular complexity index is 3890. The van der Waals surface area contributed by atoms with Gasteiger partial charge in [-0.2, -0.15) is 0 Å². The van der Waals surface area contributed by atoms with E-state index in [4.69, 9.17) is 11.5 Å². The zero-order valence-electron chi connectivity index (χ0n) is 45.2. The Balaban J connectivity index is 0.000000156. The molecule has 11 aromatic rings. The molecule has 0 saturated carbocycles. The lowest BCUT2D eigenvalue weighted by Gasteiger charge is -2.02. The van der Waals surface area contributed by atoms with E-state index in [2.05, 4.69) is 79.0 Å². The maximum absolute atomic E-state index is 11.1. The Kier molecular flexibility index (Phi) is 24.3. The first-order valence-electron chi connectivity index (χ1n) is 25.5. The molecular formula is C61H52BrN13O6S4. The number of hydrogen-bond donors (Lipinski definition) is 4. The number of anilines is 3. The highest BCUT2D eigenvalue weighted by Crippen LogP contribution is 2.28. The fourth-order valence-electron chi connectivity index (χ4n) is 7.29. The van der Waals surface area contributed by atoms with Crippen LogP contribution in [0, 0.1) is 20.2 Å². The Labute approximate surface area is 514 Å². The van der Waals surface area contributed by atoms with Crippen LogP contribution < -0.4 is 22.1 Å². The Morgan fingerprint density at radius 1 is 0.529 bits per heavy atom. The van der Waals surface area contributed by atoms with Gasteiger partial charge in [0, 0.05) is 142 Å². The summed E-state index contributed by atoms with van der Waals surface area (Å²) in [6.45, 7) is 1.50. The Hall–Kier alpha value is -9.72. The molecule has 6 N–H and O–H groups in total. The molecule has 0 spiro atoms. The number of Topliss-reactive ketones (excluding diaryl/α,β-unsaturated/α-hetero) is 1. The third-order valence-corrected chi connectivity index (χ3v) is 14.5. The smallest absolute Gasteiger partial charge is 0.269 e. The standard InChI is InChI=1S/C17H15N3OS.C15H11N3O2S.C15H13N3S.C8H6BrNO3.C6H7N3S/c1-12(21)19-14-7-5-13(6-8-14)16-11-22-17(20-16)10-15-4-2-3-9-18-15;19-18(20)13-6-4-11(5-7-13)14-10-21-15(17-14)9-12-3-1-2-8-16-12;16-12-6-4-11(5-7-12)14-10-19-15(18-14)9-13-3-1-2-8-17-13;9-5-8(11)6-1-3-7(4-2-6)10(12)13;7-6(10)9-5-3-1-2-4-8-5/h2-9,11H,10H2,1H3,(H,19,21);1-8,10H,9H2;1-8,10H,9,16H2;1-4H,5H2;1-4H,(H3,7,8,9,10). The van der Waals surface area contributed by atoms with E-state index in [0.717, 1.165) is 90.1 Å². The van der Waals surface area contributed by atoms with E-state index in [1.54, 1.807) is 70.8 Å². The Morgan fingerprint density at radius 2 is 0.906 bits per heavy atom. The van der Waals surface area contributed by atoms with Gasteiger partial charge in [-0.15, -0.1) is 34.0 Å². The van der Waals surface area contributed by atoms with Gasteiger partial charge in [-0.1, -0.05) is 64.5 Å². The fraction of sp³-hybridized carbons (Fsp3) is 0.0820. The number of halogens is 1. The number of aromatic nitrogens is 7. The summed E-state index contributed by atoms with van der Waals surface area (Å²) >= 11 is 12.5. The number of thiazole rings is 3. The first-order valence-corrected chi connectivity index (χ1v) is 29.7. The van der Waals surface area contributed by atoms with Crippen LogP contribution in [0.2, 0.25) is 0 Å². The van der Waals surface area contributed by atoms with E-state index in [1.165, 1.54) is 43.3 Å². The highest BCUT2D eigenvalue weighted by Gasteiger charge is 2.12. The summed E-state index contributed by atoms with van der Waals surface area (Å²) in [4.78, 5) is 72.8. The fourth-order valence-corrected chi connectivity index (χ4v) is 10.2. The van der Waals surface area contributed by atoms with Crippen LogP contribution in [-0.4, -0.2) is 66.9 Å². The normalized spacial score (nSPS) is 10.1. The maximum atomic E-state index is 11.1. The summed E-state index contributed by atoms with van der Waals surface area (Å²) in [7, 11) is 0. The molecule has 7 heterocycles. The van der Waals surface area contributed by atoms with E-state index >= 15 is 0 Å².